The first-order valence-corrected chi connectivity index (χ1v) is 5.90. The Labute approximate surface area is 111 Å². The maximum Gasteiger partial charge on any atom is 0.170 e. The Morgan fingerprint density at radius 1 is 1.42 bits per heavy atom. The summed E-state index contributed by atoms with van der Waals surface area (Å²) in [4.78, 5) is 2.78. The van der Waals surface area contributed by atoms with Crippen LogP contribution in [0.4, 0.5) is 0 Å². The first kappa shape index (κ1) is 13.4. The Balaban J connectivity index is 1.93. The van der Waals surface area contributed by atoms with Gasteiger partial charge in [0.25, 0.3) is 0 Å². The van der Waals surface area contributed by atoms with Gasteiger partial charge < -0.3 is 14.2 Å². The van der Waals surface area contributed by atoms with Crippen LogP contribution in [0.3, 0.4) is 0 Å². The molecule has 1 heterocycles. The van der Waals surface area contributed by atoms with Gasteiger partial charge in [0, 0.05) is 4.91 Å². The summed E-state index contributed by atoms with van der Waals surface area (Å²) in [5, 5.41) is 3.63. The third-order valence-corrected chi connectivity index (χ3v) is 2.73. The summed E-state index contributed by atoms with van der Waals surface area (Å²) in [5.74, 6) is 0.799. The van der Waals surface area contributed by atoms with Crippen LogP contribution >= 0.6 is 0 Å². The Kier molecular flexibility index (Phi) is 4.80. The molecular weight excluding hydrogens is 246 g/mol. The molecule has 2 rings (SSSR count). The summed E-state index contributed by atoms with van der Waals surface area (Å²) in [6.07, 6.45) is 3.07. The van der Waals surface area contributed by atoms with Gasteiger partial charge in [-0.3, -0.25) is 0 Å². The van der Waals surface area contributed by atoms with Gasteiger partial charge >= 0.3 is 0 Å². The fourth-order valence-electron chi connectivity index (χ4n) is 1.73. The maximum absolute atomic E-state index is 8.48. The second kappa shape index (κ2) is 6.80. The molecule has 6 nitrogen and oxygen atoms in total. The summed E-state index contributed by atoms with van der Waals surface area (Å²) >= 11 is 0. The molecule has 0 spiro atoms. The highest BCUT2D eigenvalue weighted by molar-refractivity contribution is 5.26. The van der Waals surface area contributed by atoms with E-state index in [0.29, 0.717) is 13.2 Å². The Morgan fingerprint density at radius 2 is 2.21 bits per heavy atom. The third-order valence-electron chi connectivity index (χ3n) is 2.73. The molecule has 0 N–H and O–H groups in total. The van der Waals surface area contributed by atoms with E-state index in [1.165, 1.54) is 0 Å². The standard InChI is InChI=1S/C13H15N3O3/c1-17-11-6-4-10(5-7-11)9-19-13-12(15-16-14)3-2-8-18-13/h2-7,12-13H,8-9H2,1H3/t12-,13-/m1/s1. The summed E-state index contributed by atoms with van der Waals surface area (Å²) in [5.41, 5.74) is 9.48. The van der Waals surface area contributed by atoms with E-state index in [1.54, 1.807) is 13.2 Å². The van der Waals surface area contributed by atoms with Crippen molar-refractivity contribution in [1.29, 1.82) is 0 Å². The largest absolute Gasteiger partial charge is 0.497 e. The van der Waals surface area contributed by atoms with Crippen molar-refractivity contribution in [3.8, 4) is 5.75 Å². The molecule has 2 atom stereocenters. The summed E-state index contributed by atoms with van der Waals surface area (Å²) < 4.78 is 16.1. The van der Waals surface area contributed by atoms with Crippen molar-refractivity contribution in [1.82, 2.24) is 0 Å². The summed E-state index contributed by atoms with van der Waals surface area (Å²) in [7, 11) is 1.62. The highest BCUT2D eigenvalue weighted by Gasteiger charge is 2.22. The highest BCUT2D eigenvalue weighted by atomic mass is 16.7. The average molecular weight is 261 g/mol. The van der Waals surface area contributed by atoms with Crippen LogP contribution in [0.15, 0.2) is 41.5 Å². The Morgan fingerprint density at radius 3 is 2.89 bits per heavy atom. The number of benzene rings is 1. The van der Waals surface area contributed by atoms with Gasteiger partial charge in [0.2, 0.25) is 0 Å². The van der Waals surface area contributed by atoms with Gasteiger partial charge in [-0.1, -0.05) is 29.4 Å². The topological polar surface area (TPSA) is 76.5 Å². The number of ether oxygens (including phenoxy) is 3. The predicted octanol–water partition coefficient (Wildman–Crippen LogP) is 2.80. The number of nitrogens with zero attached hydrogens (tertiary/aromatic N) is 3. The van der Waals surface area contributed by atoms with Crippen LogP contribution in [0.25, 0.3) is 10.4 Å². The van der Waals surface area contributed by atoms with Gasteiger partial charge in [-0.25, -0.2) is 0 Å². The fraction of sp³-hybridized carbons (Fsp3) is 0.385. The van der Waals surface area contributed by atoms with Crippen molar-refractivity contribution in [3.05, 3.63) is 52.4 Å². The molecule has 0 amide bonds. The van der Waals surface area contributed by atoms with Crippen LogP contribution < -0.4 is 4.74 Å². The molecule has 0 bridgehead atoms. The molecule has 1 aromatic rings. The van der Waals surface area contributed by atoms with Gasteiger partial charge in [-0.15, -0.1) is 0 Å². The number of azide groups is 1. The Hall–Kier alpha value is -2.01. The maximum atomic E-state index is 8.48. The van der Waals surface area contributed by atoms with E-state index in [-0.39, 0.29) is 0 Å². The molecule has 0 aliphatic carbocycles. The van der Waals surface area contributed by atoms with E-state index in [4.69, 9.17) is 19.7 Å². The fourth-order valence-corrected chi connectivity index (χ4v) is 1.73. The molecule has 1 aliphatic rings. The zero-order chi connectivity index (χ0) is 13.5. The van der Waals surface area contributed by atoms with Crippen molar-refractivity contribution < 1.29 is 14.2 Å². The molecule has 0 unspecified atom stereocenters. The molecule has 1 aromatic carbocycles. The van der Waals surface area contributed by atoms with Crippen molar-refractivity contribution >= 4 is 0 Å². The van der Waals surface area contributed by atoms with Crippen LogP contribution in [-0.4, -0.2) is 26.0 Å². The quantitative estimate of drug-likeness (QED) is 0.354. The minimum Gasteiger partial charge on any atom is -0.497 e. The summed E-state index contributed by atoms with van der Waals surface area (Å²) in [6, 6.07) is 7.15. The molecule has 6 heteroatoms. The predicted molar refractivity (Wildman–Crippen MR) is 69.6 cm³/mol. The lowest BCUT2D eigenvalue weighted by Gasteiger charge is -2.24. The molecule has 1 aliphatic heterocycles. The van der Waals surface area contributed by atoms with E-state index >= 15 is 0 Å². The SMILES string of the molecule is COc1ccc(CO[C@H]2OCC=C[C@H]2N=[N+]=[N-])cc1. The summed E-state index contributed by atoms with van der Waals surface area (Å²) in [6.45, 7) is 0.852. The zero-order valence-electron chi connectivity index (χ0n) is 10.6. The lowest BCUT2D eigenvalue weighted by atomic mass is 10.2. The smallest absolute Gasteiger partial charge is 0.170 e. The minimum atomic E-state index is -0.539. The molecular formula is C13H15N3O3. The zero-order valence-corrected chi connectivity index (χ0v) is 10.6. The second-order valence-electron chi connectivity index (χ2n) is 3.98. The number of rotatable bonds is 5. The van der Waals surface area contributed by atoms with Crippen LogP contribution in [0.1, 0.15) is 5.56 Å². The van der Waals surface area contributed by atoms with Crippen LogP contribution in [0, 0.1) is 0 Å². The van der Waals surface area contributed by atoms with E-state index < -0.39 is 12.3 Å². The van der Waals surface area contributed by atoms with Crippen molar-refractivity contribution in [2.75, 3.05) is 13.7 Å². The number of hydrogen-bond acceptors (Lipinski definition) is 4. The molecule has 0 saturated heterocycles. The van der Waals surface area contributed by atoms with E-state index in [9.17, 15) is 0 Å². The molecule has 0 saturated carbocycles. The van der Waals surface area contributed by atoms with Gasteiger partial charge in [-0.05, 0) is 23.2 Å². The number of hydrogen-bond donors (Lipinski definition) is 0. The third kappa shape index (κ3) is 3.72. The average Bonchev–Trinajstić information content (AvgIpc) is 2.47. The first-order valence-electron chi connectivity index (χ1n) is 5.90. The van der Waals surface area contributed by atoms with Crippen molar-refractivity contribution in [3.63, 3.8) is 0 Å². The molecule has 0 fully saturated rings. The van der Waals surface area contributed by atoms with E-state index in [0.717, 1.165) is 11.3 Å². The number of methoxy groups -OCH3 is 1. The lowest BCUT2D eigenvalue weighted by molar-refractivity contribution is -0.152. The molecule has 19 heavy (non-hydrogen) atoms. The van der Waals surface area contributed by atoms with Crippen molar-refractivity contribution in [2.45, 2.75) is 18.9 Å². The van der Waals surface area contributed by atoms with Gasteiger partial charge in [0.1, 0.15) is 11.8 Å². The minimum absolute atomic E-state index is 0.389. The second-order valence-corrected chi connectivity index (χ2v) is 3.98. The van der Waals surface area contributed by atoms with E-state index in [1.807, 2.05) is 30.3 Å². The van der Waals surface area contributed by atoms with E-state index in [2.05, 4.69) is 10.0 Å². The monoisotopic (exact) mass is 261 g/mol. The first-order chi connectivity index (χ1) is 9.33. The van der Waals surface area contributed by atoms with Crippen molar-refractivity contribution in [2.24, 2.45) is 5.11 Å². The van der Waals surface area contributed by atoms with Crippen LogP contribution in [0.2, 0.25) is 0 Å². The molecule has 100 valence electrons. The highest BCUT2D eigenvalue weighted by Crippen LogP contribution is 2.17. The Bertz CT molecular complexity index is 480. The van der Waals surface area contributed by atoms with Gasteiger partial charge in [0.15, 0.2) is 6.29 Å². The molecule has 0 aromatic heterocycles. The van der Waals surface area contributed by atoms with Gasteiger partial charge in [0.05, 0.1) is 20.3 Å². The lowest BCUT2D eigenvalue weighted by Crippen LogP contribution is -2.31. The van der Waals surface area contributed by atoms with Gasteiger partial charge in [-0.2, -0.15) is 0 Å². The van der Waals surface area contributed by atoms with Crippen LogP contribution in [-0.2, 0) is 16.1 Å². The normalized spacial score (nSPS) is 21.7. The molecule has 0 radical (unpaired) electrons. The van der Waals surface area contributed by atoms with Crippen LogP contribution in [0.5, 0.6) is 5.75 Å².